The first-order chi connectivity index (χ1) is 11.2. The molecule has 1 aliphatic heterocycles. The highest BCUT2D eigenvalue weighted by atomic mass is 32.1. The van der Waals surface area contributed by atoms with Crippen molar-refractivity contribution in [3.63, 3.8) is 0 Å². The highest BCUT2D eigenvalue weighted by molar-refractivity contribution is 7.09. The fourth-order valence-corrected chi connectivity index (χ4v) is 3.93. The van der Waals surface area contributed by atoms with E-state index >= 15 is 0 Å². The lowest BCUT2D eigenvalue weighted by Crippen LogP contribution is -2.35. The van der Waals surface area contributed by atoms with Crippen LogP contribution in [0, 0.1) is 5.82 Å². The molecule has 2 heterocycles. The Hall–Kier alpha value is -1.75. The topological polar surface area (TPSA) is 33.2 Å². The lowest BCUT2D eigenvalue weighted by atomic mass is 10.1. The smallest absolute Gasteiger partial charge is 0.223 e. The molecule has 122 valence electrons. The van der Waals surface area contributed by atoms with Gasteiger partial charge in [0.2, 0.25) is 5.91 Å². The van der Waals surface area contributed by atoms with Crippen LogP contribution in [0.2, 0.25) is 0 Å². The zero-order chi connectivity index (χ0) is 16.2. The van der Waals surface area contributed by atoms with Crippen LogP contribution in [0.3, 0.4) is 0 Å². The summed E-state index contributed by atoms with van der Waals surface area (Å²) in [6.07, 6.45) is 4.49. The van der Waals surface area contributed by atoms with Gasteiger partial charge in [-0.25, -0.2) is 9.37 Å². The number of thiazole rings is 1. The van der Waals surface area contributed by atoms with E-state index in [1.807, 2.05) is 10.3 Å². The standard InChI is InChI=1S/C18H21FN2OS/c1-2-15-4-3-11-21(15)18(22)10-9-17-20-16(12-23-17)13-5-7-14(19)8-6-13/h5-8,12,15H,2-4,9-11H2,1H3. The maximum absolute atomic E-state index is 13.0. The number of carbonyl (C=O) groups excluding carboxylic acids is 1. The van der Waals surface area contributed by atoms with Gasteiger partial charge in [0.15, 0.2) is 0 Å². The van der Waals surface area contributed by atoms with Crippen LogP contribution in [-0.4, -0.2) is 28.4 Å². The second-order valence-corrected chi connectivity index (χ2v) is 6.87. The van der Waals surface area contributed by atoms with Crippen molar-refractivity contribution in [2.24, 2.45) is 0 Å². The molecule has 0 aliphatic carbocycles. The highest BCUT2D eigenvalue weighted by Crippen LogP contribution is 2.24. The van der Waals surface area contributed by atoms with Gasteiger partial charge in [0, 0.05) is 36.4 Å². The number of aryl methyl sites for hydroxylation is 1. The summed E-state index contributed by atoms with van der Waals surface area (Å²) in [6, 6.07) is 6.77. The Kier molecular flexibility index (Phi) is 5.06. The van der Waals surface area contributed by atoms with Crippen molar-refractivity contribution >= 4 is 17.2 Å². The minimum atomic E-state index is -0.245. The normalized spacial score (nSPS) is 17.7. The van der Waals surface area contributed by atoms with Crippen LogP contribution in [0.4, 0.5) is 4.39 Å². The molecular formula is C18H21FN2OS. The number of rotatable bonds is 5. The van der Waals surface area contributed by atoms with E-state index in [-0.39, 0.29) is 11.7 Å². The molecule has 1 aliphatic rings. The fraction of sp³-hybridized carbons (Fsp3) is 0.444. The molecule has 0 radical (unpaired) electrons. The SMILES string of the molecule is CCC1CCCN1C(=O)CCc1nc(-c2ccc(F)cc2)cs1. The van der Waals surface area contributed by atoms with E-state index in [0.29, 0.717) is 18.9 Å². The molecule has 1 unspecified atom stereocenters. The van der Waals surface area contributed by atoms with Crippen molar-refractivity contribution in [2.75, 3.05) is 6.54 Å². The molecule has 1 aromatic carbocycles. The van der Waals surface area contributed by atoms with E-state index in [2.05, 4.69) is 11.9 Å². The molecular weight excluding hydrogens is 311 g/mol. The summed E-state index contributed by atoms with van der Waals surface area (Å²) < 4.78 is 13.0. The van der Waals surface area contributed by atoms with Crippen LogP contribution in [0.1, 0.15) is 37.6 Å². The number of nitrogens with zero attached hydrogens (tertiary/aromatic N) is 2. The Labute approximate surface area is 140 Å². The number of benzene rings is 1. The van der Waals surface area contributed by atoms with Crippen molar-refractivity contribution in [1.82, 2.24) is 9.88 Å². The molecule has 1 atom stereocenters. The molecule has 0 N–H and O–H groups in total. The number of hydrogen-bond donors (Lipinski definition) is 0. The first-order valence-corrected chi connectivity index (χ1v) is 9.05. The number of halogens is 1. The van der Waals surface area contributed by atoms with Crippen LogP contribution in [0.5, 0.6) is 0 Å². The van der Waals surface area contributed by atoms with Crippen LogP contribution < -0.4 is 0 Å². The van der Waals surface area contributed by atoms with Crippen molar-refractivity contribution in [3.05, 3.63) is 40.5 Å². The summed E-state index contributed by atoms with van der Waals surface area (Å²) >= 11 is 1.56. The molecule has 3 rings (SSSR count). The summed E-state index contributed by atoms with van der Waals surface area (Å²) in [5.41, 5.74) is 1.76. The van der Waals surface area contributed by atoms with Crippen molar-refractivity contribution in [1.29, 1.82) is 0 Å². The molecule has 1 aromatic heterocycles. The number of likely N-dealkylation sites (tertiary alicyclic amines) is 1. The summed E-state index contributed by atoms with van der Waals surface area (Å²) in [4.78, 5) is 19.0. The summed E-state index contributed by atoms with van der Waals surface area (Å²) in [7, 11) is 0. The van der Waals surface area contributed by atoms with Gasteiger partial charge in [0.05, 0.1) is 10.7 Å². The van der Waals surface area contributed by atoms with Crippen LogP contribution in [0.25, 0.3) is 11.3 Å². The van der Waals surface area contributed by atoms with Crippen LogP contribution >= 0.6 is 11.3 Å². The maximum Gasteiger partial charge on any atom is 0.223 e. The van der Waals surface area contributed by atoms with Gasteiger partial charge in [-0.1, -0.05) is 6.92 Å². The molecule has 0 spiro atoms. The Morgan fingerprint density at radius 2 is 2.17 bits per heavy atom. The van der Waals surface area contributed by atoms with Crippen LogP contribution in [0.15, 0.2) is 29.6 Å². The minimum Gasteiger partial charge on any atom is -0.340 e. The molecule has 1 saturated heterocycles. The predicted octanol–water partition coefficient (Wildman–Crippen LogP) is 4.28. The molecule has 1 amide bonds. The second kappa shape index (κ2) is 7.21. The molecule has 0 bridgehead atoms. The fourth-order valence-electron chi connectivity index (χ4n) is 3.12. The average Bonchev–Trinajstić information content (AvgIpc) is 3.22. The van der Waals surface area contributed by atoms with E-state index in [0.717, 1.165) is 42.1 Å². The van der Waals surface area contributed by atoms with Crippen LogP contribution in [-0.2, 0) is 11.2 Å². The number of amides is 1. The van der Waals surface area contributed by atoms with Crippen molar-refractivity contribution in [3.8, 4) is 11.3 Å². The van der Waals surface area contributed by atoms with Gasteiger partial charge in [-0.2, -0.15) is 0 Å². The van der Waals surface area contributed by atoms with Crippen molar-refractivity contribution < 1.29 is 9.18 Å². The van der Waals surface area contributed by atoms with E-state index in [4.69, 9.17) is 0 Å². The van der Waals surface area contributed by atoms with Gasteiger partial charge < -0.3 is 4.90 Å². The second-order valence-electron chi connectivity index (χ2n) is 5.92. The minimum absolute atomic E-state index is 0.243. The largest absolute Gasteiger partial charge is 0.340 e. The monoisotopic (exact) mass is 332 g/mol. The first-order valence-electron chi connectivity index (χ1n) is 8.17. The van der Waals surface area contributed by atoms with Gasteiger partial charge in [0.25, 0.3) is 0 Å². The molecule has 5 heteroatoms. The van der Waals surface area contributed by atoms with Gasteiger partial charge in [0.1, 0.15) is 5.82 Å². The molecule has 23 heavy (non-hydrogen) atoms. The third kappa shape index (κ3) is 3.78. The van der Waals surface area contributed by atoms with E-state index in [1.54, 1.807) is 23.5 Å². The first kappa shape index (κ1) is 16.1. The Morgan fingerprint density at radius 1 is 1.39 bits per heavy atom. The lowest BCUT2D eigenvalue weighted by Gasteiger charge is -2.23. The molecule has 2 aromatic rings. The van der Waals surface area contributed by atoms with E-state index in [9.17, 15) is 9.18 Å². The highest BCUT2D eigenvalue weighted by Gasteiger charge is 2.26. The molecule has 1 fully saturated rings. The average molecular weight is 332 g/mol. The predicted molar refractivity (Wildman–Crippen MR) is 90.9 cm³/mol. The summed E-state index contributed by atoms with van der Waals surface area (Å²) in [5, 5.41) is 2.93. The summed E-state index contributed by atoms with van der Waals surface area (Å²) in [5.74, 6) is -0.00114. The Bertz CT molecular complexity index is 668. The summed E-state index contributed by atoms with van der Waals surface area (Å²) in [6.45, 7) is 3.04. The van der Waals surface area contributed by atoms with Gasteiger partial charge in [-0.05, 0) is 43.5 Å². The zero-order valence-corrected chi connectivity index (χ0v) is 14.1. The quantitative estimate of drug-likeness (QED) is 0.818. The zero-order valence-electron chi connectivity index (χ0n) is 13.3. The number of hydrogen-bond acceptors (Lipinski definition) is 3. The number of carbonyl (C=O) groups is 1. The van der Waals surface area contributed by atoms with Gasteiger partial charge in [-0.15, -0.1) is 11.3 Å². The van der Waals surface area contributed by atoms with Gasteiger partial charge in [-0.3, -0.25) is 4.79 Å². The van der Waals surface area contributed by atoms with E-state index in [1.165, 1.54) is 12.1 Å². The van der Waals surface area contributed by atoms with Crippen molar-refractivity contribution in [2.45, 2.75) is 45.1 Å². The third-order valence-corrected chi connectivity index (χ3v) is 5.32. The number of aromatic nitrogens is 1. The lowest BCUT2D eigenvalue weighted by molar-refractivity contribution is -0.132. The molecule has 3 nitrogen and oxygen atoms in total. The maximum atomic E-state index is 13.0. The van der Waals surface area contributed by atoms with Gasteiger partial charge >= 0.3 is 0 Å². The Morgan fingerprint density at radius 3 is 2.91 bits per heavy atom. The van der Waals surface area contributed by atoms with E-state index < -0.39 is 0 Å². The molecule has 0 saturated carbocycles. The Balaban J connectivity index is 1.59. The third-order valence-electron chi connectivity index (χ3n) is 4.41.